The third-order valence-corrected chi connectivity index (χ3v) is 3.84. The molecule has 25 heavy (non-hydrogen) atoms. The highest BCUT2D eigenvalue weighted by Gasteiger charge is 2.36. The zero-order valence-electron chi connectivity index (χ0n) is 11.7. The summed E-state index contributed by atoms with van der Waals surface area (Å²) in [7, 11) is 0. The Morgan fingerprint density at radius 1 is 1.28 bits per heavy atom. The van der Waals surface area contributed by atoms with Crippen molar-refractivity contribution in [1.29, 1.82) is 0 Å². The molecule has 130 valence electrons. The molecule has 0 fully saturated rings. The number of nitrogens with zero attached hydrogens (tertiary/aromatic N) is 2. The van der Waals surface area contributed by atoms with E-state index >= 15 is 0 Å². The van der Waals surface area contributed by atoms with Gasteiger partial charge in [-0.2, -0.15) is 13.2 Å². The fourth-order valence-corrected chi connectivity index (χ4v) is 2.51. The molecule has 0 radical (unpaired) electrons. The molecule has 0 spiro atoms. The Morgan fingerprint density at radius 3 is 2.64 bits per heavy atom. The standard InChI is InChI=1S/C13H5F4N3O4S/c14-4-1-2-5-6(3-4)24-10(23)7(8(5)21)9(22)18-12-20-19-11(25-12)13(15,16)17/h1-3,21H,(H,18,20,22). The van der Waals surface area contributed by atoms with Crippen molar-refractivity contribution >= 4 is 33.3 Å². The Morgan fingerprint density at radius 2 is 2.00 bits per heavy atom. The Balaban J connectivity index is 1.99. The second-order valence-corrected chi connectivity index (χ2v) is 5.60. The number of benzene rings is 1. The number of rotatable bonds is 2. The molecule has 0 unspecified atom stereocenters. The van der Waals surface area contributed by atoms with Crippen molar-refractivity contribution in [2.75, 3.05) is 5.32 Å². The molecular formula is C13H5F4N3O4S. The largest absolute Gasteiger partial charge is 0.506 e. The van der Waals surface area contributed by atoms with E-state index in [0.29, 0.717) is 0 Å². The van der Waals surface area contributed by atoms with Crippen LogP contribution in [0.1, 0.15) is 15.4 Å². The maximum atomic E-state index is 13.1. The zero-order chi connectivity index (χ0) is 18.4. The first-order chi connectivity index (χ1) is 11.7. The molecule has 12 heteroatoms. The summed E-state index contributed by atoms with van der Waals surface area (Å²) in [5.74, 6) is -2.78. The Kier molecular flexibility index (Phi) is 3.91. The second kappa shape index (κ2) is 5.81. The molecule has 0 aliphatic carbocycles. The molecule has 2 heterocycles. The van der Waals surface area contributed by atoms with E-state index in [1.54, 1.807) is 0 Å². The molecule has 0 saturated carbocycles. The van der Waals surface area contributed by atoms with Gasteiger partial charge in [0.2, 0.25) is 10.1 Å². The van der Waals surface area contributed by atoms with Gasteiger partial charge in [-0.15, -0.1) is 10.2 Å². The van der Waals surface area contributed by atoms with E-state index in [4.69, 9.17) is 4.42 Å². The molecule has 1 amide bonds. The molecule has 3 aromatic rings. The van der Waals surface area contributed by atoms with Crippen LogP contribution in [0.3, 0.4) is 0 Å². The van der Waals surface area contributed by atoms with Gasteiger partial charge in [0.1, 0.15) is 17.1 Å². The summed E-state index contributed by atoms with van der Waals surface area (Å²) in [4.78, 5) is 23.9. The van der Waals surface area contributed by atoms with E-state index in [2.05, 4.69) is 10.2 Å². The van der Waals surface area contributed by atoms with E-state index in [1.807, 2.05) is 5.32 Å². The number of amides is 1. The lowest BCUT2D eigenvalue weighted by Gasteiger charge is -2.05. The quantitative estimate of drug-likeness (QED) is 0.527. The van der Waals surface area contributed by atoms with Crippen LogP contribution in [-0.2, 0) is 6.18 Å². The molecule has 0 bridgehead atoms. The average Bonchev–Trinajstić information content (AvgIpc) is 2.95. The molecule has 0 aliphatic rings. The molecule has 1 aromatic carbocycles. The van der Waals surface area contributed by atoms with Crippen molar-refractivity contribution < 1.29 is 31.9 Å². The topological polar surface area (TPSA) is 105 Å². The summed E-state index contributed by atoms with van der Waals surface area (Å²) < 4.78 is 55.2. The van der Waals surface area contributed by atoms with E-state index < -0.39 is 45.0 Å². The van der Waals surface area contributed by atoms with E-state index in [9.17, 15) is 32.3 Å². The number of halogens is 4. The number of carbonyl (C=O) groups is 1. The van der Waals surface area contributed by atoms with Crippen LogP contribution in [0, 0.1) is 5.82 Å². The molecule has 7 nitrogen and oxygen atoms in total. The Bertz CT molecular complexity index is 1040. The lowest BCUT2D eigenvalue weighted by Crippen LogP contribution is -2.21. The van der Waals surface area contributed by atoms with Crippen molar-refractivity contribution in [2.24, 2.45) is 0 Å². The predicted octanol–water partition coefficient (Wildman–Crippen LogP) is 2.76. The van der Waals surface area contributed by atoms with Crippen molar-refractivity contribution in [3.8, 4) is 5.75 Å². The van der Waals surface area contributed by atoms with Gasteiger partial charge >= 0.3 is 11.8 Å². The summed E-state index contributed by atoms with van der Waals surface area (Å²) in [6, 6.07) is 2.87. The summed E-state index contributed by atoms with van der Waals surface area (Å²) in [5, 5.41) is 16.0. The van der Waals surface area contributed by atoms with Gasteiger partial charge in [0.15, 0.2) is 5.56 Å². The van der Waals surface area contributed by atoms with Gasteiger partial charge in [-0.1, -0.05) is 11.3 Å². The summed E-state index contributed by atoms with van der Waals surface area (Å²) in [6.07, 6.45) is -4.74. The van der Waals surface area contributed by atoms with Gasteiger partial charge in [0.25, 0.3) is 5.91 Å². The van der Waals surface area contributed by atoms with Crippen molar-refractivity contribution in [2.45, 2.75) is 6.18 Å². The minimum Gasteiger partial charge on any atom is -0.506 e. The van der Waals surface area contributed by atoms with E-state index in [1.165, 1.54) is 0 Å². The van der Waals surface area contributed by atoms with Crippen LogP contribution >= 0.6 is 11.3 Å². The van der Waals surface area contributed by atoms with Gasteiger partial charge in [-0.05, 0) is 12.1 Å². The van der Waals surface area contributed by atoms with Crippen LogP contribution in [0.25, 0.3) is 11.0 Å². The molecule has 0 aliphatic heterocycles. The third kappa shape index (κ3) is 3.15. The lowest BCUT2D eigenvalue weighted by atomic mass is 10.1. The van der Waals surface area contributed by atoms with Gasteiger partial charge < -0.3 is 9.52 Å². The number of nitrogens with one attached hydrogen (secondary N) is 1. The van der Waals surface area contributed by atoms with Gasteiger partial charge in [0, 0.05) is 6.07 Å². The maximum absolute atomic E-state index is 13.1. The maximum Gasteiger partial charge on any atom is 0.445 e. The van der Waals surface area contributed by atoms with Crippen LogP contribution in [0.15, 0.2) is 27.4 Å². The Labute approximate surface area is 138 Å². The minimum absolute atomic E-state index is 0.0371. The van der Waals surface area contributed by atoms with Crippen LogP contribution in [0.5, 0.6) is 5.75 Å². The van der Waals surface area contributed by atoms with Gasteiger partial charge in [-0.3, -0.25) is 10.1 Å². The minimum atomic E-state index is -4.74. The number of alkyl halides is 3. The monoisotopic (exact) mass is 375 g/mol. The fourth-order valence-electron chi connectivity index (χ4n) is 1.91. The molecule has 0 atom stereocenters. The molecule has 0 saturated heterocycles. The highest BCUT2D eigenvalue weighted by atomic mass is 32.1. The highest BCUT2D eigenvalue weighted by molar-refractivity contribution is 7.15. The first-order valence-corrected chi connectivity index (χ1v) is 7.16. The van der Waals surface area contributed by atoms with Gasteiger partial charge in [0.05, 0.1) is 5.39 Å². The molecule has 3 rings (SSSR count). The zero-order valence-corrected chi connectivity index (χ0v) is 12.5. The van der Waals surface area contributed by atoms with Crippen LogP contribution < -0.4 is 10.9 Å². The average molecular weight is 375 g/mol. The van der Waals surface area contributed by atoms with Gasteiger partial charge in [-0.25, -0.2) is 9.18 Å². The molecular weight excluding hydrogens is 370 g/mol. The first-order valence-electron chi connectivity index (χ1n) is 6.34. The van der Waals surface area contributed by atoms with E-state index in [-0.39, 0.29) is 22.3 Å². The number of fused-ring (bicyclic) bond motifs is 1. The lowest BCUT2D eigenvalue weighted by molar-refractivity contribution is -0.138. The predicted molar refractivity (Wildman–Crippen MR) is 77.0 cm³/mol. The number of hydrogen-bond donors (Lipinski definition) is 2. The number of carbonyl (C=O) groups excluding carboxylic acids is 1. The number of aromatic nitrogens is 2. The third-order valence-electron chi connectivity index (χ3n) is 2.96. The highest BCUT2D eigenvalue weighted by Crippen LogP contribution is 2.33. The number of anilines is 1. The molecule has 2 N–H and O–H groups in total. The van der Waals surface area contributed by atoms with E-state index in [0.717, 1.165) is 18.2 Å². The van der Waals surface area contributed by atoms with Crippen molar-refractivity contribution in [3.05, 3.63) is 45.0 Å². The van der Waals surface area contributed by atoms with Crippen LogP contribution in [-0.4, -0.2) is 21.2 Å². The summed E-state index contributed by atoms with van der Waals surface area (Å²) in [6.45, 7) is 0. The number of hydrogen-bond acceptors (Lipinski definition) is 7. The molecule has 2 aromatic heterocycles. The van der Waals surface area contributed by atoms with Crippen LogP contribution in [0.4, 0.5) is 22.7 Å². The second-order valence-electron chi connectivity index (χ2n) is 4.62. The fraction of sp³-hybridized carbons (Fsp3) is 0.0769. The normalized spacial score (nSPS) is 11.7. The number of aromatic hydroxyl groups is 1. The summed E-state index contributed by atoms with van der Waals surface area (Å²) >= 11 is 0.0371. The van der Waals surface area contributed by atoms with Crippen molar-refractivity contribution in [3.63, 3.8) is 0 Å². The van der Waals surface area contributed by atoms with Crippen molar-refractivity contribution in [1.82, 2.24) is 10.2 Å². The SMILES string of the molecule is O=C(Nc1nnc(C(F)(F)F)s1)c1c(O)c2ccc(F)cc2oc1=O. The first kappa shape index (κ1) is 16.8. The van der Waals surface area contributed by atoms with Crippen LogP contribution in [0.2, 0.25) is 0 Å². The smallest absolute Gasteiger partial charge is 0.445 e. The Hall–Kier alpha value is -3.02. The summed E-state index contributed by atoms with van der Waals surface area (Å²) in [5.41, 5.74) is -2.45.